The summed E-state index contributed by atoms with van der Waals surface area (Å²) in [6.07, 6.45) is 4.38. The Bertz CT molecular complexity index is 679. The number of carbonyl (C=O) groups excluding carboxylic acids is 1. The lowest BCUT2D eigenvalue weighted by Crippen LogP contribution is -2.27. The van der Waals surface area contributed by atoms with E-state index < -0.39 is 0 Å². The number of rotatable bonds is 4. The van der Waals surface area contributed by atoms with Crippen molar-refractivity contribution in [2.45, 2.75) is 45.7 Å². The molecule has 2 aromatic heterocycles. The van der Waals surface area contributed by atoms with E-state index in [2.05, 4.69) is 11.5 Å². The fourth-order valence-corrected chi connectivity index (χ4v) is 3.68. The van der Waals surface area contributed by atoms with Crippen LogP contribution in [0.2, 0.25) is 0 Å². The molecule has 0 spiro atoms. The number of Topliss-reactive ketones (excluding diaryl/α,β-unsaturated/α-hetero) is 1. The molecule has 3 rings (SSSR count). The average Bonchev–Trinajstić information content (AvgIpc) is 3.07. The third-order valence-corrected chi connectivity index (χ3v) is 4.90. The summed E-state index contributed by atoms with van der Waals surface area (Å²) in [5, 5.41) is 10.3. The molecule has 20 heavy (non-hydrogen) atoms. The number of hydrogen-bond donors (Lipinski definition) is 1. The van der Waals surface area contributed by atoms with Crippen LogP contribution in [0, 0.1) is 5.41 Å². The summed E-state index contributed by atoms with van der Waals surface area (Å²) >= 11 is 1.48. The molecule has 5 heteroatoms. The third-order valence-electron chi connectivity index (χ3n) is 3.99. The molecule has 1 aliphatic rings. The molecule has 0 radical (unpaired) electrons. The molecular formula is C15H19N3OS. The zero-order valence-corrected chi connectivity index (χ0v) is 12.5. The predicted molar refractivity (Wildman–Crippen MR) is 79.2 cm³/mol. The molecule has 0 unspecified atom stereocenters. The van der Waals surface area contributed by atoms with E-state index in [0.29, 0.717) is 12.2 Å². The smallest absolute Gasteiger partial charge is 0.202 e. The lowest BCUT2D eigenvalue weighted by molar-refractivity contribution is 0.0973. The highest BCUT2D eigenvalue weighted by Gasteiger charge is 2.21. The molecule has 0 atom stereocenters. The Morgan fingerprint density at radius 3 is 2.60 bits per heavy atom. The van der Waals surface area contributed by atoms with Gasteiger partial charge in [0.25, 0.3) is 0 Å². The van der Waals surface area contributed by atoms with Gasteiger partial charge in [-0.15, -0.1) is 11.3 Å². The van der Waals surface area contributed by atoms with Crippen LogP contribution in [-0.4, -0.2) is 14.9 Å². The molecule has 1 aliphatic carbocycles. The Balaban J connectivity index is 1.99. The maximum absolute atomic E-state index is 12.3. The number of fused-ring (bicyclic) bond motifs is 1. The zero-order chi connectivity index (χ0) is 14.1. The van der Waals surface area contributed by atoms with Gasteiger partial charge in [0.2, 0.25) is 5.62 Å². The van der Waals surface area contributed by atoms with Crippen LogP contribution in [-0.2, 0) is 25.9 Å². The molecular weight excluding hydrogens is 270 g/mol. The second-order valence-corrected chi connectivity index (χ2v) is 6.10. The van der Waals surface area contributed by atoms with Gasteiger partial charge in [-0.05, 0) is 44.1 Å². The first-order valence-electron chi connectivity index (χ1n) is 7.14. The molecule has 106 valence electrons. The molecule has 0 fully saturated rings. The van der Waals surface area contributed by atoms with E-state index >= 15 is 0 Å². The van der Waals surface area contributed by atoms with Crippen LogP contribution in [0.4, 0.5) is 0 Å². The van der Waals surface area contributed by atoms with Gasteiger partial charge < -0.3 is 9.13 Å². The van der Waals surface area contributed by atoms with Gasteiger partial charge in [-0.2, -0.15) is 0 Å². The Labute approximate surface area is 122 Å². The standard InChI is InChI=1S/C15H19N3OS/c1-2-17-11-6-3-4-7-12(11)18(15(17)16)10-13(19)14-8-5-9-20-14/h5,8-9,16H,2-4,6-7,10H2,1H3. The van der Waals surface area contributed by atoms with Crippen LogP contribution in [0.3, 0.4) is 0 Å². The monoisotopic (exact) mass is 289 g/mol. The van der Waals surface area contributed by atoms with Crippen molar-refractivity contribution in [1.29, 1.82) is 5.41 Å². The summed E-state index contributed by atoms with van der Waals surface area (Å²) in [6.45, 7) is 3.17. The highest BCUT2D eigenvalue weighted by atomic mass is 32.1. The van der Waals surface area contributed by atoms with Gasteiger partial charge in [0, 0.05) is 17.9 Å². The normalized spacial score (nSPS) is 14.2. The van der Waals surface area contributed by atoms with Crippen molar-refractivity contribution in [2.24, 2.45) is 0 Å². The van der Waals surface area contributed by atoms with Crippen LogP contribution in [0.1, 0.15) is 40.8 Å². The second-order valence-electron chi connectivity index (χ2n) is 5.15. The summed E-state index contributed by atoms with van der Waals surface area (Å²) < 4.78 is 3.97. The lowest BCUT2D eigenvalue weighted by Gasteiger charge is -2.14. The molecule has 0 saturated carbocycles. The predicted octanol–water partition coefficient (Wildman–Crippen LogP) is 2.61. The van der Waals surface area contributed by atoms with Crippen LogP contribution in [0.15, 0.2) is 17.5 Å². The summed E-state index contributed by atoms with van der Waals surface area (Å²) in [5.74, 6) is 0.111. The molecule has 0 amide bonds. The number of aromatic nitrogens is 2. The third kappa shape index (κ3) is 2.16. The van der Waals surface area contributed by atoms with Gasteiger partial charge in [0.1, 0.15) is 0 Å². The second kappa shape index (κ2) is 5.40. The Morgan fingerprint density at radius 2 is 2.00 bits per heavy atom. The quantitative estimate of drug-likeness (QED) is 0.864. The molecule has 0 aromatic carbocycles. The fraction of sp³-hybridized carbons (Fsp3) is 0.467. The summed E-state index contributed by atoms with van der Waals surface area (Å²) in [4.78, 5) is 13.1. The van der Waals surface area contributed by atoms with E-state index in [9.17, 15) is 4.79 Å². The van der Waals surface area contributed by atoms with E-state index in [1.54, 1.807) is 0 Å². The van der Waals surface area contributed by atoms with Crippen molar-refractivity contribution >= 4 is 17.1 Å². The molecule has 4 nitrogen and oxygen atoms in total. The first-order chi connectivity index (χ1) is 9.72. The molecule has 0 aliphatic heterocycles. The van der Waals surface area contributed by atoms with Crippen LogP contribution in [0.25, 0.3) is 0 Å². The topological polar surface area (TPSA) is 50.8 Å². The number of nitrogens with one attached hydrogen (secondary N) is 1. The first-order valence-corrected chi connectivity index (χ1v) is 8.02. The highest BCUT2D eigenvalue weighted by molar-refractivity contribution is 7.12. The molecule has 1 N–H and O–H groups in total. The van der Waals surface area contributed by atoms with E-state index in [4.69, 9.17) is 5.41 Å². The fourth-order valence-electron chi connectivity index (χ4n) is 3.03. The van der Waals surface area contributed by atoms with Crippen molar-refractivity contribution in [3.63, 3.8) is 0 Å². The minimum Gasteiger partial charge on any atom is -0.315 e. The van der Waals surface area contributed by atoms with Gasteiger partial charge in [-0.1, -0.05) is 6.07 Å². The van der Waals surface area contributed by atoms with Crippen molar-refractivity contribution in [1.82, 2.24) is 9.13 Å². The van der Waals surface area contributed by atoms with Gasteiger partial charge in [0.05, 0.1) is 11.4 Å². The van der Waals surface area contributed by atoms with Gasteiger partial charge in [-0.3, -0.25) is 10.2 Å². The molecule has 2 aromatic rings. The summed E-state index contributed by atoms with van der Waals surface area (Å²) in [5.41, 5.74) is 2.94. The average molecular weight is 289 g/mol. The molecule has 0 saturated heterocycles. The number of hydrogen-bond acceptors (Lipinski definition) is 3. The Hall–Kier alpha value is -1.62. The minimum absolute atomic E-state index is 0.111. The summed E-state index contributed by atoms with van der Waals surface area (Å²) in [7, 11) is 0. The number of ketones is 1. The summed E-state index contributed by atoms with van der Waals surface area (Å²) in [6, 6.07) is 3.76. The first kappa shape index (κ1) is 13.4. The number of carbonyl (C=O) groups is 1. The van der Waals surface area contributed by atoms with E-state index in [1.165, 1.54) is 29.1 Å². The van der Waals surface area contributed by atoms with E-state index in [0.717, 1.165) is 30.7 Å². The largest absolute Gasteiger partial charge is 0.315 e. The number of thiophene rings is 1. The van der Waals surface area contributed by atoms with Gasteiger partial charge >= 0.3 is 0 Å². The van der Waals surface area contributed by atoms with E-state index in [-0.39, 0.29) is 5.78 Å². The van der Waals surface area contributed by atoms with Crippen molar-refractivity contribution < 1.29 is 4.79 Å². The van der Waals surface area contributed by atoms with Crippen molar-refractivity contribution in [3.05, 3.63) is 39.4 Å². The maximum atomic E-state index is 12.3. The Morgan fingerprint density at radius 1 is 1.30 bits per heavy atom. The molecule has 2 heterocycles. The van der Waals surface area contributed by atoms with E-state index in [1.807, 2.05) is 22.1 Å². The van der Waals surface area contributed by atoms with Crippen molar-refractivity contribution in [2.75, 3.05) is 0 Å². The van der Waals surface area contributed by atoms with Gasteiger partial charge in [-0.25, -0.2) is 0 Å². The Kier molecular flexibility index (Phi) is 3.61. The number of nitrogens with zero attached hydrogens (tertiary/aromatic N) is 2. The van der Waals surface area contributed by atoms with Gasteiger partial charge in [0.15, 0.2) is 5.78 Å². The van der Waals surface area contributed by atoms with Crippen molar-refractivity contribution in [3.8, 4) is 0 Å². The van der Waals surface area contributed by atoms with Crippen LogP contribution < -0.4 is 5.62 Å². The molecule has 0 bridgehead atoms. The minimum atomic E-state index is 0.111. The lowest BCUT2D eigenvalue weighted by atomic mass is 10.0. The van der Waals surface area contributed by atoms with Crippen LogP contribution >= 0.6 is 11.3 Å². The number of imidazole rings is 1. The van der Waals surface area contributed by atoms with Crippen LogP contribution in [0.5, 0.6) is 0 Å². The zero-order valence-electron chi connectivity index (χ0n) is 11.7. The maximum Gasteiger partial charge on any atom is 0.202 e. The SMILES string of the molecule is CCn1c2c(n(CC(=O)c3cccs3)c1=N)CCCC2. The highest BCUT2D eigenvalue weighted by Crippen LogP contribution is 2.21.